The summed E-state index contributed by atoms with van der Waals surface area (Å²) in [5, 5.41) is 11.6. The van der Waals surface area contributed by atoms with Crippen LogP contribution in [-0.4, -0.2) is 36.1 Å². The number of carbonyl (C=O) groups is 1. The standard InChI is InChI=1S/C22H23N3O4S/c1-27-16-10-15(11-17(12-16)28-2)21-24-25-22(29-21)30-13-20(26)23-19-9-5-7-14-6-3-4-8-18(14)19/h3-4,6,8,10-12,19H,5,7,9,13H2,1-2H3,(H,23,26). The van der Waals surface area contributed by atoms with Gasteiger partial charge in [-0.2, -0.15) is 0 Å². The number of carbonyl (C=O) groups excluding carboxylic acids is 1. The van der Waals surface area contributed by atoms with Gasteiger partial charge in [-0.05, 0) is 42.5 Å². The molecule has 30 heavy (non-hydrogen) atoms. The van der Waals surface area contributed by atoms with Crippen molar-refractivity contribution < 1.29 is 18.7 Å². The number of ether oxygens (including phenoxy) is 2. The van der Waals surface area contributed by atoms with Crippen LogP contribution in [0.5, 0.6) is 11.5 Å². The van der Waals surface area contributed by atoms with E-state index in [1.165, 1.54) is 22.9 Å². The number of hydrogen-bond acceptors (Lipinski definition) is 7. The molecule has 1 aliphatic rings. The zero-order valence-electron chi connectivity index (χ0n) is 16.9. The number of thioether (sulfide) groups is 1. The van der Waals surface area contributed by atoms with Crippen LogP contribution in [0.2, 0.25) is 0 Å². The zero-order chi connectivity index (χ0) is 20.9. The van der Waals surface area contributed by atoms with E-state index in [0.717, 1.165) is 19.3 Å². The third kappa shape index (κ3) is 4.59. The van der Waals surface area contributed by atoms with E-state index in [4.69, 9.17) is 13.9 Å². The molecule has 0 bridgehead atoms. The predicted octanol–water partition coefficient (Wildman–Crippen LogP) is 4.04. The first-order valence-corrected chi connectivity index (χ1v) is 10.7. The molecular weight excluding hydrogens is 402 g/mol. The second-order valence-corrected chi connectivity index (χ2v) is 7.90. The molecule has 4 rings (SSSR count). The maximum Gasteiger partial charge on any atom is 0.277 e. The molecule has 1 aromatic heterocycles. The van der Waals surface area contributed by atoms with Crippen molar-refractivity contribution >= 4 is 17.7 Å². The molecule has 1 atom stereocenters. The molecule has 1 aliphatic carbocycles. The average molecular weight is 426 g/mol. The van der Waals surface area contributed by atoms with Crippen molar-refractivity contribution in [1.82, 2.24) is 15.5 Å². The van der Waals surface area contributed by atoms with E-state index in [9.17, 15) is 4.79 Å². The largest absolute Gasteiger partial charge is 0.497 e. The summed E-state index contributed by atoms with van der Waals surface area (Å²) >= 11 is 1.22. The highest BCUT2D eigenvalue weighted by Crippen LogP contribution is 2.31. The van der Waals surface area contributed by atoms with Crippen molar-refractivity contribution in [3.63, 3.8) is 0 Å². The number of aryl methyl sites for hydroxylation is 1. The Bertz CT molecular complexity index is 1010. The molecule has 0 spiro atoms. The average Bonchev–Trinajstić information content (AvgIpc) is 3.27. The molecule has 0 radical (unpaired) electrons. The van der Waals surface area contributed by atoms with Crippen LogP contribution in [-0.2, 0) is 11.2 Å². The van der Waals surface area contributed by atoms with Crippen LogP contribution in [0.1, 0.15) is 30.0 Å². The van der Waals surface area contributed by atoms with Gasteiger partial charge in [0.2, 0.25) is 11.8 Å². The Balaban J connectivity index is 1.38. The number of methoxy groups -OCH3 is 2. The van der Waals surface area contributed by atoms with E-state index in [1.54, 1.807) is 32.4 Å². The van der Waals surface area contributed by atoms with Crippen LogP contribution in [0.25, 0.3) is 11.5 Å². The Hall–Kier alpha value is -3.00. The fraction of sp³-hybridized carbons (Fsp3) is 0.318. The first-order valence-electron chi connectivity index (χ1n) is 9.73. The van der Waals surface area contributed by atoms with E-state index < -0.39 is 0 Å². The van der Waals surface area contributed by atoms with E-state index in [-0.39, 0.29) is 17.7 Å². The number of hydrogen-bond donors (Lipinski definition) is 1. The Kier molecular flexibility index (Phi) is 6.23. The van der Waals surface area contributed by atoms with Gasteiger partial charge >= 0.3 is 0 Å². The number of nitrogens with one attached hydrogen (secondary N) is 1. The molecule has 0 saturated heterocycles. The van der Waals surface area contributed by atoms with Gasteiger partial charge in [0.1, 0.15) is 11.5 Å². The molecule has 156 valence electrons. The van der Waals surface area contributed by atoms with Crippen molar-refractivity contribution in [1.29, 1.82) is 0 Å². The summed E-state index contributed by atoms with van der Waals surface area (Å²) in [6.45, 7) is 0. The molecule has 7 nitrogen and oxygen atoms in total. The lowest BCUT2D eigenvalue weighted by molar-refractivity contribution is -0.119. The molecule has 1 amide bonds. The highest BCUT2D eigenvalue weighted by molar-refractivity contribution is 7.99. The van der Waals surface area contributed by atoms with E-state index in [1.807, 2.05) is 12.1 Å². The number of aromatic nitrogens is 2. The second kappa shape index (κ2) is 9.21. The summed E-state index contributed by atoms with van der Waals surface area (Å²) in [5.74, 6) is 1.76. The van der Waals surface area contributed by atoms with Crippen LogP contribution >= 0.6 is 11.8 Å². The summed E-state index contributed by atoms with van der Waals surface area (Å²) in [7, 11) is 3.16. The molecule has 3 aromatic rings. The molecule has 0 aliphatic heterocycles. The van der Waals surface area contributed by atoms with Crippen molar-refractivity contribution in [3.8, 4) is 23.0 Å². The lowest BCUT2D eigenvalue weighted by Gasteiger charge is -2.26. The fourth-order valence-corrected chi connectivity index (χ4v) is 4.16. The maximum atomic E-state index is 12.5. The monoisotopic (exact) mass is 425 g/mol. The smallest absolute Gasteiger partial charge is 0.277 e. The summed E-state index contributed by atoms with van der Waals surface area (Å²) in [5.41, 5.74) is 3.22. The van der Waals surface area contributed by atoms with Crippen LogP contribution in [0.3, 0.4) is 0 Å². The number of benzene rings is 2. The van der Waals surface area contributed by atoms with E-state index in [0.29, 0.717) is 28.2 Å². The maximum absolute atomic E-state index is 12.5. The Morgan fingerprint density at radius 1 is 1.17 bits per heavy atom. The lowest BCUT2D eigenvalue weighted by Crippen LogP contribution is -2.32. The van der Waals surface area contributed by atoms with E-state index in [2.05, 4.69) is 27.6 Å². The number of amides is 1. The zero-order valence-corrected chi connectivity index (χ0v) is 17.7. The number of fused-ring (bicyclic) bond motifs is 1. The minimum atomic E-state index is -0.0514. The Morgan fingerprint density at radius 2 is 1.93 bits per heavy atom. The van der Waals surface area contributed by atoms with Gasteiger partial charge in [0.15, 0.2) is 0 Å². The third-order valence-corrected chi connectivity index (χ3v) is 5.85. The molecule has 2 aromatic carbocycles. The van der Waals surface area contributed by atoms with Crippen molar-refractivity contribution in [3.05, 3.63) is 53.6 Å². The van der Waals surface area contributed by atoms with E-state index >= 15 is 0 Å². The summed E-state index contributed by atoms with van der Waals surface area (Å²) in [6.07, 6.45) is 3.10. The summed E-state index contributed by atoms with van der Waals surface area (Å²) < 4.78 is 16.3. The van der Waals surface area contributed by atoms with Crippen molar-refractivity contribution in [2.45, 2.75) is 30.5 Å². The minimum Gasteiger partial charge on any atom is -0.497 e. The van der Waals surface area contributed by atoms with Gasteiger partial charge < -0.3 is 19.2 Å². The van der Waals surface area contributed by atoms with Gasteiger partial charge in [-0.15, -0.1) is 10.2 Å². The van der Waals surface area contributed by atoms with Gasteiger partial charge in [0, 0.05) is 11.6 Å². The molecule has 1 N–H and O–H groups in total. The molecular formula is C22H23N3O4S. The highest BCUT2D eigenvalue weighted by Gasteiger charge is 2.22. The van der Waals surface area contributed by atoms with Gasteiger partial charge in [0.05, 0.1) is 26.0 Å². The molecule has 0 fully saturated rings. The molecule has 0 saturated carbocycles. The Labute approximate surface area is 179 Å². The number of nitrogens with zero attached hydrogens (tertiary/aromatic N) is 2. The van der Waals surface area contributed by atoms with Crippen LogP contribution in [0.4, 0.5) is 0 Å². The van der Waals surface area contributed by atoms with Gasteiger partial charge in [-0.25, -0.2) is 0 Å². The normalized spacial score (nSPS) is 15.3. The van der Waals surface area contributed by atoms with Crippen LogP contribution in [0.15, 0.2) is 52.1 Å². The SMILES string of the molecule is COc1cc(OC)cc(-c2nnc(SCC(=O)NC3CCCc4ccccc43)o2)c1. The topological polar surface area (TPSA) is 86.5 Å². The fourth-order valence-electron chi connectivity index (χ4n) is 3.58. The quantitative estimate of drug-likeness (QED) is 0.572. The minimum absolute atomic E-state index is 0.0514. The third-order valence-electron chi connectivity index (χ3n) is 5.04. The molecule has 1 unspecified atom stereocenters. The summed E-state index contributed by atoms with van der Waals surface area (Å²) in [6, 6.07) is 13.7. The number of rotatable bonds is 7. The molecule has 1 heterocycles. The second-order valence-electron chi connectivity index (χ2n) is 6.97. The van der Waals surface area contributed by atoms with Crippen molar-refractivity contribution in [2.24, 2.45) is 0 Å². The predicted molar refractivity (Wildman–Crippen MR) is 114 cm³/mol. The molecule has 8 heteroatoms. The van der Waals surface area contributed by atoms with Crippen LogP contribution < -0.4 is 14.8 Å². The summed E-state index contributed by atoms with van der Waals surface area (Å²) in [4.78, 5) is 12.5. The highest BCUT2D eigenvalue weighted by atomic mass is 32.2. The van der Waals surface area contributed by atoms with Gasteiger partial charge in [0.25, 0.3) is 5.22 Å². The Morgan fingerprint density at radius 3 is 2.70 bits per heavy atom. The van der Waals surface area contributed by atoms with Gasteiger partial charge in [-0.3, -0.25) is 4.79 Å². The first kappa shape index (κ1) is 20.3. The van der Waals surface area contributed by atoms with Gasteiger partial charge in [-0.1, -0.05) is 36.0 Å². The van der Waals surface area contributed by atoms with Crippen molar-refractivity contribution in [2.75, 3.05) is 20.0 Å². The van der Waals surface area contributed by atoms with Crippen LogP contribution in [0, 0.1) is 0 Å². The first-order chi connectivity index (χ1) is 14.7. The lowest BCUT2D eigenvalue weighted by atomic mass is 9.88.